The highest BCUT2D eigenvalue weighted by Crippen LogP contribution is 2.34. The lowest BCUT2D eigenvalue weighted by atomic mass is 10.1. The Kier molecular flexibility index (Phi) is 11.7. The van der Waals surface area contributed by atoms with Gasteiger partial charge in [0.1, 0.15) is 0 Å². The first-order chi connectivity index (χ1) is 22.7. The Labute approximate surface area is 299 Å². The minimum Gasteiger partial charge on any atom is -0.490 e. The first kappa shape index (κ1) is 34.2. The van der Waals surface area contributed by atoms with Gasteiger partial charge in [0, 0.05) is 27.9 Å². The number of benzene rings is 4. The van der Waals surface area contributed by atoms with E-state index >= 15 is 0 Å². The Hall–Kier alpha value is -4.17. The van der Waals surface area contributed by atoms with Crippen molar-refractivity contribution in [2.45, 2.75) is 13.8 Å². The van der Waals surface area contributed by atoms with Crippen molar-refractivity contribution < 1.29 is 19.1 Å². The molecule has 5 rings (SSSR count). The zero-order valence-electron chi connectivity index (χ0n) is 25.1. The summed E-state index contributed by atoms with van der Waals surface area (Å²) in [6.07, 6.45) is 1.51. The van der Waals surface area contributed by atoms with Gasteiger partial charge in [-0.05, 0) is 96.6 Å². The summed E-state index contributed by atoms with van der Waals surface area (Å²) >= 11 is 15.6. The Balaban J connectivity index is 1.17. The van der Waals surface area contributed by atoms with Crippen molar-refractivity contribution >= 4 is 91.7 Å². The van der Waals surface area contributed by atoms with Gasteiger partial charge in [-0.25, -0.2) is 10.4 Å². The molecule has 0 fully saturated rings. The number of nitrogens with one attached hydrogen (secondary N) is 3. The number of hydrazone groups is 1. The van der Waals surface area contributed by atoms with Crippen LogP contribution in [-0.4, -0.2) is 36.2 Å². The molecule has 5 aromatic rings. The van der Waals surface area contributed by atoms with Crippen LogP contribution < -0.4 is 25.5 Å². The zero-order chi connectivity index (χ0) is 33.3. The molecule has 9 nitrogen and oxygen atoms in total. The van der Waals surface area contributed by atoms with Crippen LogP contribution in [0.25, 0.3) is 11.3 Å². The van der Waals surface area contributed by atoms with Crippen LogP contribution in [0.1, 0.15) is 28.4 Å². The van der Waals surface area contributed by atoms with Gasteiger partial charge in [0.05, 0.1) is 32.1 Å². The molecule has 0 saturated heterocycles. The van der Waals surface area contributed by atoms with Gasteiger partial charge in [0.25, 0.3) is 11.8 Å². The average Bonchev–Trinajstić information content (AvgIpc) is 3.52. The highest BCUT2D eigenvalue weighted by Gasteiger charge is 2.15. The number of hydrogen-bond acceptors (Lipinski definition) is 8. The van der Waals surface area contributed by atoms with Gasteiger partial charge in [-0.15, -0.1) is 11.3 Å². The van der Waals surface area contributed by atoms with E-state index in [9.17, 15) is 9.59 Å². The third-order valence-electron chi connectivity index (χ3n) is 6.51. The smallest absolute Gasteiger partial charge is 0.271 e. The molecule has 0 aliphatic rings. The van der Waals surface area contributed by atoms with Gasteiger partial charge < -0.3 is 20.1 Å². The molecule has 0 unspecified atom stereocenters. The summed E-state index contributed by atoms with van der Waals surface area (Å²) in [6, 6.07) is 23.6. The molecule has 1 aromatic heterocycles. The van der Waals surface area contributed by atoms with Crippen molar-refractivity contribution in [1.29, 1.82) is 0 Å². The maximum atomic E-state index is 12.8. The van der Waals surface area contributed by atoms with Crippen molar-refractivity contribution in [2.75, 3.05) is 23.8 Å². The Morgan fingerprint density at radius 3 is 2.43 bits per heavy atom. The molecular weight excluding hydrogens is 772 g/mol. The molecule has 0 spiro atoms. The van der Waals surface area contributed by atoms with E-state index in [-0.39, 0.29) is 18.4 Å². The fraction of sp³-hybridized carbons (Fsp3) is 0.118. The normalized spacial score (nSPS) is 10.9. The molecular formula is C34H28Cl2IN5O4S. The second-order valence-electron chi connectivity index (χ2n) is 10.0. The van der Waals surface area contributed by atoms with Crippen LogP contribution in [0.3, 0.4) is 0 Å². The fourth-order valence-corrected chi connectivity index (χ4v) is 6.04. The van der Waals surface area contributed by atoms with Gasteiger partial charge in [0.2, 0.25) is 0 Å². The number of rotatable bonds is 12. The molecule has 0 atom stereocenters. The zero-order valence-corrected chi connectivity index (χ0v) is 29.6. The lowest BCUT2D eigenvalue weighted by Gasteiger charge is -2.14. The molecule has 0 bridgehead atoms. The van der Waals surface area contributed by atoms with Crippen LogP contribution in [0.2, 0.25) is 10.0 Å². The van der Waals surface area contributed by atoms with E-state index in [0.29, 0.717) is 48.5 Å². The monoisotopic (exact) mass is 799 g/mol. The number of nitrogens with zero attached hydrogens (tertiary/aromatic N) is 2. The Morgan fingerprint density at radius 2 is 1.70 bits per heavy atom. The van der Waals surface area contributed by atoms with Gasteiger partial charge in [0.15, 0.2) is 23.2 Å². The predicted octanol–water partition coefficient (Wildman–Crippen LogP) is 8.95. The summed E-state index contributed by atoms with van der Waals surface area (Å²) in [7, 11) is 0. The van der Waals surface area contributed by atoms with Gasteiger partial charge in [-0.1, -0.05) is 53.0 Å². The topological polar surface area (TPSA) is 114 Å². The quantitative estimate of drug-likeness (QED) is 0.0660. The van der Waals surface area contributed by atoms with Crippen molar-refractivity contribution in [1.82, 2.24) is 10.4 Å². The standard InChI is InChI=1S/C34H28Cl2IN5O4S/c1-3-45-30-15-21(14-28(37)32(30)46-18-31(43)39-25-12-13-26(35)27(36)16-25)17-38-42-33(44)23-8-6-22(7-9-23)29-19-47-34(41-29)40-24-10-4-20(2)5-11-24/h4-17,19H,3,18H2,1-2H3,(H,39,43)(H,40,41)(H,42,44)/b38-17+. The second kappa shape index (κ2) is 16.1. The lowest BCUT2D eigenvalue weighted by molar-refractivity contribution is -0.118. The number of ether oxygens (including phenoxy) is 2. The molecule has 0 saturated carbocycles. The predicted molar refractivity (Wildman–Crippen MR) is 198 cm³/mol. The molecule has 1 heterocycles. The lowest BCUT2D eigenvalue weighted by Crippen LogP contribution is -2.20. The van der Waals surface area contributed by atoms with Crippen LogP contribution in [-0.2, 0) is 4.79 Å². The van der Waals surface area contributed by atoms with Gasteiger partial charge >= 0.3 is 0 Å². The molecule has 4 aromatic carbocycles. The molecule has 3 N–H and O–H groups in total. The summed E-state index contributed by atoms with van der Waals surface area (Å²) in [5, 5.41) is 13.6. The summed E-state index contributed by atoms with van der Waals surface area (Å²) < 4.78 is 12.3. The number of aromatic nitrogens is 1. The highest BCUT2D eigenvalue weighted by atomic mass is 127. The largest absolute Gasteiger partial charge is 0.490 e. The number of hydrogen-bond donors (Lipinski definition) is 3. The van der Waals surface area contributed by atoms with E-state index in [0.717, 1.165) is 22.1 Å². The van der Waals surface area contributed by atoms with Crippen molar-refractivity contribution in [2.24, 2.45) is 5.10 Å². The summed E-state index contributed by atoms with van der Waals surface area (Å²) in [5.41, 5.74) is 8.05. The van der Waals surface area contributed by atoms with E-state index < -0.39 is 0 Å². The second-order valence-corrected chi connectivity index (χ2v) is 12.9. The molecule has 0 aliphatic carbocycles. The van der Waals surface area contributed by atoms with Crippen LogP contribution in [0.4, 0.5) is 16.5 Å². The van der Waals surface area contributed by atoms with E-state index in [1.165, 1.54) is 23.1 Å². The fourth-order valence-electron chi connectivity index (χ4n) is 4.22. The molecule has 47 heavy (non-hydrogen) atoms. The van der Waals surface area contributed by atoms with Crippen molar-refractivity contribution in [3.63, 3.8) is 0 Å². The van der Waals surface area contributed by atoms with Crippen molar-refractivity contribution in [3.8, 4) is 22.8 Å². The van der Waals surface area contributed by atoms with Gasteiger partial charge in [-0.3, -0.25) is 9.59 Å². The molecule has 0 aliphatic heterocycles. The number of carbonyl (C=O) groups excluding carboxylic acids is 2. The number of amides is 2. The first-order valence-electron chi connectivity index (χ1n) is 14.3. The summed E-state index contributed by atoms with van der Waals surface area (Å²) in [5.74, 6) is 0.107. The number of halogens is 3. The van der Waals surface area contributed by atoms with E-state index in [4.69, 9.17) is 32.7 Å². The Bertz CT molecular complexity index is 1920. The summed E-state index contributed by atoms with van der Waals surface area (Å²) in [6.45, 7) is 4.01. The number of aryl methyl sites for hydroxylation is 1. The molecule has 13 heteroatoms. The van der Waals surface area contributed by atoms with E-state index in [2.05, 4.69) is 48.7 Å². The van der Waals surface area contributed by atoms with E-state index in [1.54, 1.807) is 42.5 Å². The van der Waals surface area contributed by atoms with E-state index in [1.807, 2.05) is 55.6 Å². The SMILES string of the molecule is CCOc1cc(/C=N/NC(=O)c2ccc(-c3csc(Nc4ccc(C)cc4)n3)cc2)cc(I)c1OCC(=O)Nc1ccc(Cl)c(Cl)c1. The maximum absolute atomic E-state index is 12.8. The number of thiazole rings is 1. The number of anilines is 3. The molecule has 2 amide bonds. The van der Waals surface area contributed by atoms with Gasteiger partial charge in [-0.2, -0.15) is 5.10 Å². The van der Waals surface area contributed by atoms with Crippen LogP contribution in [0.15, 0.2) is 89.3 Å². The van der Waals surface area contributed by atoms with Crippen molar-refractivity contribution in [3.05, 3.63) is 115 Å². The molecule has 0 radical (unpaired) electrons. The number of carbonyl (C=O) groups is 2. The molecule has 240 valence electrons. The third kappa shape index (κ3) is 9.44. The minimum atomic E-state index is -0.380. The first-order valence-corrected chi connectivity index (χ1v) is 17.0. The summed E-state index contributed by atoms with van der Waals surface area (Å²) in [4.78, 5) is 29.9. The average molecular weight is 801 g/mol. The maximum Gasteiger partial charge on any atom is 0.271 e. The highest BCUT2D eigenvalue weighted by molar-refractivity contribution is 14.1. The van der Waals surface area contributed by atoms with Crippen LogP contribution in [0, 0.1) is 10.5 Å². The van der Waals surface area contributed by atoms with Crippen LogP contribution in [0.5, 0.6) is 11.5 Å². The minimum absolute atomic E-state index is 0.257. The third-order valence-corrected chi connectivity index (χ3v) is 8.81. The Morgan fingerprint density at radius 1 is 0.957 bits per heavy atom. The van der Waals surface area contributed by atoms with Crippen LogP contribution >= 0.6 is 57.1 Å².